The smallest absolute Gasteiger partial charge is 0.668 e. The van der Waals surface area contributed by atoms with Crippen LogP contribution in [0.5, 0.6) is 0 Å². The Balaban J connectivity index is -0.000000106. The summed E-state index contributed by atoms with van der Waals surface area (Å²) in [6.07, 6.45) is 3.58. The SMILES string of the molecule is C[N-]C.C[N-]C.C[N-]OC[C@@H]1CCCC1Cl.[CH3-].[Ti+4]. The Morgan fingerprint density at radius 3 is 1.78 bits per heavy atom. The second-order valence-electron chi connectivity index (χ2n) is 3.58. The Kier molecular flexibility index (Phi) is 34.8. The van der Waals surface area contributed by atoms with Crippen LogP contribution in [-0.2, 0) is 26.6 Å². The summed E-state index contributed by atoms with van der Waals surface area (Å²) in [5.74, 6) is 0.533. The van der Waals surface area contributed by atoms with Gasteiger partial charge in [-0.3, -0.25) is 0 Å². The Hall–Kier alpha value is 0.844. The summed E-state index contributed by atoms with van der Waals surface area (Å²) >= 11 is 5.99. The second kappa shape index (κ2) is 23.0. The Labute approximate surface area is 134 Å². The maximum absolute atomic E-state index is 5.99. The fourth-order valence-electron chi connectivity index (χ4n) is 1.35. The molecule has 2 atom stereocenters. The van der Waals surface area contributed by atoms with Crippen molar-refractivity contribution in [3.05, 3.63) is 23.5 Å². The average molecular weight is 314 g/mol. The molecule has 0 aromatic carbocycles. The second-order valence-corrected chi connectivity index (χ2v) is 4.14. The largest absolute Gasteiger partial charge is 4.00 e. The first kappa shape index (κ1) is 27.2. The first-order valence-corrected chi connectivity index (χ1v) is 5.92. The molecule has 1 aliphatic rings. The fourth-order valence-corrected chi connectivity index (χ4v) is 1.70. The van der Waals surface area contributed by atoms with E-state index in [0.29, 0.717) is 17.9 Å². The van der Waals surface area contributed by atoms with Gasteiger partial charge in [-0.15, -0.1) is 18.6 Å². The summed E-state index contributed by atoms with van der Waals surface area (Å²) in [5.41, 5.74) is 3.57. The van der Waals surface area contributed by atoms with Crippen LogP contribution in [0.15, 0.2) is 0 Å². The number of halogens is 1. The zero-order valence-electron chi connectivity index (χ0n) is 12.6. The summed E-state index contributed by atoms with van der Waals surface area (Å²) < 4.78 is 0. The van der Waals surface area contributed by atoms with Crippen LogP contribution in [0.4, 0.5) is 0 Å². The van der Waals surface area contributed by atoms with Gasteiger partial charge >= 0.3 is 21.7 Å². The topological polar surface area (TPSA) is 51.5 Å². The zero-order chi connectivity index (χ0) is 12.8. The minimum atomic E-state index is 0. The van der Waals surface area contributed by atoms with Gasteiger partial charge in [0.1, 0.15) is 0 Å². The molecule has 1 unspecified atom stereocenters. The molecule has 0 bridgehead atoms. The van der Waals surface area contributed by atoms with E-state index < -0.39 is 0 Å². The third-order valence-corrected chi connectivity index (χ3v) is 2.56. The van der Waals surface area contributed by atoms with E-state index in [1.807, 2.05) is 0 Å². The standard InChI is InChI=1S/C7H13ClNO.2C2H6N.CH3.Ti/c1-9-10-5-6-3-2-4-7(6)8;2*1-3-2;;/h6-7H,2-5H2,1H3;2*1-2H3;1H3;/q4*-1;+4/t6-,7?;;;;/m0..../s1. The number of alkyl halides is 1. The number of hydrogen-bond donors (Lipinski definition) is 0. The maximum atomic E-state index is 5.99. The van der Waals surface area contributed by atoms with Crippen LogP contribution in [0.2, 0.25) is 0 Å². The Morgan fingerprint density at radius 1 is 1.06 bits per heavy atom. The molecule has 108 valence electrons. The van der Waals surface area contributed by atoms with E-state index >= 15 is 0 Å². The molecule has 0 aromatic rings. The van der Waals surface area contributed by atoms with E-state index in [1.165, 1.54) is 12.8 Å². The maximum Gasteiger partial charge on any atom is 4.00 e. The van der Waals surface area contributed by atoms with Gasteiger partial charge in [0.2, 0.25) is 0 Å². The van der Waals surface area contributed by atoms with Gasteiger partial charge in [0.15, 0.2) is 0 Å². The molecule has 1 aliphatic carbocycles. The molecule has 1 rings (SSSR count). The predicted molar refractivity (Wildman–Crippen MR) is 79.0 cm³/mol. The molecule has 0 saturated heterocycles. The van der Waals surface area contributed by atoms with Gasteiger partial charge in [-0.2, -0.15) is 28.2 Å². The predicted octanol–water partition coefficient (Wildman–Crippen LogP) is 4.02. The van der Waals surface area contributed by atoms with E-state index in [9.17, 15) is 0 Å². The number of hydrogen-bond acceptors (Lipinski definition) is 1. The van der Waals surface area contributed by atoms with Crippen molar-refractivity contribution in [3.8, 4) is 0 Å². The molecule has 0 radical (unpaired) electrons. The van der Waals surface area contributed by atoms with Crippen molar-refractivity contribution >= 4 is 11.6 Å². The molecule has 0 N–H and O–H groups in total. The molecule has 0 aromatic heterocycles. The minimum absolute atomic E-state index is 0. The van der Waals surface area contributed by atoms with E-state index in [4.69, 9.17) is 16.4 Å². The van der Waals surface area contributed by atoms with Crippen LogP contribution < -0.4 is 0 Å². The molecule has 6 heteroatoms. The summed E-state index contributed by atoms with van der Waals surface area (Å²) in [7, 11) is 8.65. The Morgan fingerprint density at radius 2 is 1.50 bits per heavy atom. The molecular weight excluding hydrogens is 285 g/mol. The molecule has 1 fully saturated rings. The van der Waals surface area contributed by atoms with Gasteiger partial charge in [0.05, 0.1) is 0 Å². The quantitative estimate of drug-likeness (QED) is 0.336. The third-order valence-electron chi connectivity index (χ3n) is 1.98. The molecule has 4 nitrogen and oxygen atoms in total. The minimum Gasteiger partial charge on any atom is -0.668 e. The summed E-state index contributed by atoms with van der Waals surface area (Å²) in [6, 6.07) is 0. The molecule has 0 aliphatic heterocycles. The van der Waals surface area contributed by atoms with Crippen molar-refractivity contribution in [2.24, 2.45) is 5.92 Å². The van der Waals surface area contributed by atoms with Crippen molar-refractivity contribution in [2.45, 2.75) is 24.6 Å². The fraction of sp³-hybridized carbons (Fsp3) is 0.917. The van der Waals surface area contributed by atoms with Crippen molar-refractivity contribution in [1.82, 2.24) is 0 Å². The monoisotopic (exact) mass is 313 g/mol. The van der Waals surface area contributed by atoms with Gasteiger partial charge in [-0.1, -0.05) is 6.42 Å². The van der Waals surface area contributed by atoms with Crippen LogP contribution in [0, 0.1) is 13.3 Å². The van der Waals surface area contributed by atoms with Crippen LogP contribution in [0.1, 0.15) is 19.3 Å². The van der Waals surface area contributed by atoms with E-state index in [2.05, 4.69) is 16.1 Å². The van der Waals surface area contributed by atoms with Crippen LogP contribution >= 0.6 is 11.6 Å². The van der Waals surface area contributed by atoms with Gasteiger partial charge in [-0.25, -0.2) is 0 Å². The van der Waals surface area contributed by atoms with Gasteiger partial charge in [0.25, 0.3) is 0 Å². The number of nitrogens with zero attached hydrogens (tertiary/aromatic N) is 3. The summed E-state index contributed by atoms with van der Waals surface area (Å²) in [6.45, 7) is 0.699. The normalized spacial score (nSPS) is 20.3. The first-order chi connectivity index (χ1) is 7.67. The van der Waals surface area contributed by atoms with Crippen molar-refractivity contribution < 1.29 is 26.6 Å². The Bertz CT molecular complexity index is 132. The van der Waals surface area contributed by atoms with Crippen molar-refractivity contribution in [1.29, 1.82) is 0 Å². The van der Waals surface area contributed by atoms with Gasteiger partial charge < -0.3 is 28.4 Å². The van der Waals surface area contributed by atoms with Crippen molar-refractivity contribution in [2.75, 3.05) is 41.8 Å². The molecule has 0 spiro atoms. The van der Waals surface area contributed by atoms with Gasteiger partial charge in [-0.05, 0) is 18.8 Å². The van der Waals surface area contributed by atoms with E-state index in [-0.39, 0.29) is 29.1 Å². The average Bonchev–Trinajstić information content (AvgIpc) is 2.63. The van der Waals surface area contributed by atoms with Crippen LogP contribution in [0.25, 0.3) is 16.1 Å². The summed E-state index contributed by atoms with van der Waals surface area (Å²) in [4.78, 5) is 4.93. The van der Waals surface area contributed by atoms with Crippen molar-refractivity contribution in [3.63, 3.8) is 0 Å². The molecule has 18 heavy (non-hydrogen) atoms. The summed E-state index contributed by atoms with van der Waals surface area (Å²) in [5, 5.41) is 7.32. The first-order valence-electron chi connectivity index (χ1n) is 5.48. The number of hydroxylamine groups is 1. The van der Waals surface area contributed by atoms with Crippen LogP contribution in [-0.4, -0.2) is 47.2 Å². The number of rotatable bonds is 3. The third kappa shape index (κ3) is 19.2. The molecule has 1 saturated carbocycles. The van der Waals surface area contributed by atoms with Crippen LogP contribution in [0.3, 0.4) is 0 Å². The van der Waals surface area contributed by atoms with Gasteiger partial charge in [0, 0.05) is 12.0 Å². The molecule has 0 heterocycles. The molecular formula is C12H28ClN3OTi. The van der Waals surface area contributed by atoms with E-state index in [1.54, 1.807) is 35.2 Å². The van der Waals surface area contributed by atoms with E-state index in [0.717, 1.165) is 6.42 Å². The zero-order valence-corrected chi connectivity index (χ0v) is 14.9. The molecule has 0 amide bonds.